The van der Waals surface area contributed by atoms with Gasteiger partial charge in [0.25, 0.3) is 5.91 Å². The highest BCUT2D eigenvalue weighted by Crippen LogP contribution is 2.33. The van der Waals surface area contributed by atoms with Crippen LogP contribution in [0.5, 0.6) is 0 Å². The van der Waals surface area contributed by atoms with E-state index in [9.17, 15) is 27.6 Å². The van der Waals surface area contributed by atoms with Crippen molar-refractivity contribution in [2.24, 2.45) is 11.7 Å². The summed E-state index contributed by atoms with van der Waals surface area (Å²) in [6.07, 6.45) is -0.869. The molecule has 3 amide bonds. The third-order valence-electron chi connectivity index (χ3n) is 7.71. The number of piperidine rings is 1. The van der Waals surface area contributed by atoms with Gasteiger partial charge < -0.3 is 30.6 Å². The molecule has 4 rings (SSSR count). The van der Waals surface area contributed by atoms with Crippen molar-refractivity contribution in [3.05, 3.63) is 83.6 Å². The van der Waals surface area contributed by atoms with Crippen LogP contribution in [0, 0.1) is 11.7 Å². The fourth-order valence-corrected chi connectivity index (χ4v) is 4.90. The van der Waals surface area contributed by atoms with Gasteiger partial charge in [0.1, 0.15) is 17.9 Å². The van der Waals surface area contributed by atoms with Crippen LogP contribution < -0.4 is 16.4 Å². The van der Waals surface area contributed by atoms with Gasteiger partial charge in [-0.15, -0.1) is 0 Å². The fourth-order valence-electron chi connectivity index (χ4n) is 4.90. The van der Waals surface area contributed by atoms with Crippen LogP contribution in [0.4, 0.5) is 23.4 Å². The van der Waals surface area contributed by atoms with Crippen LogP contribution in [-0.4, -0.2) is 63.4 Å². The van der Waals surface area contributed by atoms with Crippen molar-refractivity contribution in [1.29, 1.82) is 0 Å². The van der Waals surface area contributed by atoms with Crippen LogP contribution in [0.25, 0.3) is 0 Å². The number of aromatic nitrogens is 2. The van der Waals surface area contributed by atoms with E-state index in [0.29, 0.717) is 25.1 Å². The minimum absolute atomic E-state index is 0.0447. The van der Waals surface area contributed by atoms with E-state index in [-0.39, 0.29) is 24.6 Å². The molecule has 0 spiro atoms. The first-order valence-corrected chi connectivity index (χ1v) is 14.8. The van der Waals surface area contributed by atoms with E-state index in [1.807, 2.05) is 30.3 Å². The molecule has 0 radical (unpaired) electrons. The average molecular weight is 647 g/mol. The summed E-state index contributed by atoms with van der Waals surface area (Å²) in [5.41, 5.74) is 3.98. The summed E-state index contributed by atoms with van der Waals surface area (Å²) >= 11 is 0. The summed E-state index contributed by atoms with van der Waals surface area (Å²) in [5, 5.41) is 5.14. The van der Waals surface area contributed by atoms with Gasteiger partial charge in [0.15, 0.2) is 5.82 Å². The van der Waals surface area contributed by atoms with Gasteiger partial charge in [-0.25, -0.2) is 9.37 Å². The molecule has 2 atom stereocenters. The van der Waals surface area contributed by atoms with Crippen molar-refractivity contribution in [2.75, 3.05) is 25.0 Å². The van der Waals surface area contributed by atoms with Crippen molar-refractivity contribution in [1.82, 2.24) is 19.8 Å². The number of ether oxygens (including phenoxy) is 1. The number of amides is 3. The van der Waals surface area contributed by atoms with Gasteiger partial charge in [-0.05, 0) is 50.3 Å². The predicted molar refractivity (Wildman–Crippen MR) is 162 cm³/mol. The molecule has 1 aliphatic heterocycles. The molecule has 14 heteroatoms. The third kappa shape index (κ3) is 8.91. The molecule has 0 saturated carbocycles. The maximum atomic E-state index is 15.2. The molecule has 4 N–H and O–H groups in total. The first kappa shape index (κ1) is 34.6. The normalized spacial score (nSPS) is 15.7. The number of nitrogens with zero attached hydrogens (tertiary/aromatic N) is 3. The van der Waals surface area contributed by atoms with Crippen molar-refractivity contribution < 1.29 is 36.7 Å². The standard InChI is InChI=1S/C32H38F4N6O4/c1-20-11-13-41(14-12-20)29(44)27(23-10-9-22(15-24(23)33)32(34,35)36)42-16-26(38-19-42)40-28(43)25(39-30(45)31(2,3)37)18-46-17-21-7-5-4-6-8-21/h4-10,15-16,19-20,25,27H,11-14,17-18,37H2,1-3H3,(H,39,45)(H,40,43)/t25-,27?/m1/s1. The quantitative estimate of drug-likeness (QED) is 0.267. The molecule has 0 bridgehead atoms. The van der Waals surface area contributed by atoms with Gasteiger partial charge in [-0.3, -0.25) is 14.4 Å². The minimum atomic E-state index is -4.77. The predicted octanol–water partition coefficient (Wildman–Crippen LogP) is 4.27. The Morgan fingerprint density at radius 1 is 1.09 bits per heavy atom. The number of nitrogens with two attached hydrogens (primary N) is 1. The second kappa shape index (κ2) is 14.4. The number of alkyl halides is 3. The van der Waals surface area contributed by atoms with Crippen molar-refractivity contribution in [3.63, 3.8) is 0 Å². The lowest BCUT2D eigenvalue weighted by Crippen LogP contribution is -2.56. The van der Waals surface area contributed by atoms with Gasteiger partial charge >= 0.3 is 6.18 Å². The molecule has 46 heavy (non-hydrogen) atoms. The Hall–Kier alpha value is -4.30. The van der Waals surface area contributed by atoms with Crippen LogP contribution in [0.2, 0.25) is 0 Å². The number of halogens is 4. The first-order valence-electron chi connectivity index (χ1n) is 14.8. The number of rotatable bonds is 11. The van der Waals surface area contributed by atoms with Crippen LogP contribution in [0.1, 0.15) is 56.3 Å². The Labute approximate surface area is 264 Å². The molecule has 248 valence electrons. The smallest absolute Gasteiger partial charge is 0.374 e. The Morgan fingerprint density at radius 3 is 2.37 bits per heavy atom. The van der Waals surface area contributed by atoms with Crippen molar-refractivity contribution >= 4 is 23.5 Å². The highest BCUT2D eigenvalue weighted by atomic mass is 19.4. The van der Waals surface area contributed by atoms with E-state index in [0.717, 1.165) is 30.5 Å². The lowest BCUT2D eigenvalue weighted by atomic mass is 9.97. The summed E-state index contributed by atoms with van der Waals surface area (Å²) in [6, 6.07) is 8.62. The number of likely N-dealkylation sites (tertiary alicyclic amines) is 1. The number of benzene rings is 2. The zero-order chi connectivity index (χ0) is 33.6. The van der Waals surface area contributed by atoms with E-state index in [4.69, 9.17) is 10.5 Å². The largest absolute Gasteiger partial charge is 0.416 e. The molecule has 2 aromatic carbocycles. The van der Waals surface area contributed by atoms with Gasteiger partial charge in [0.2, 0.25) is 11.8 Å². The number of carbonyl (C=O) groups is 3. The highest BCUT2D eigenvalue weighted by Gasteiger charge is 2.36. The summed E-state index contributed by atoms with van der Waals surface area (Å²) < 4.78 is 62.0. The molecule has 0 aliphatic carbocycles. The monoisotopic (exact) mass is 646 g/mol. The van der Waals surface area contributed by atoms with Gasteiger partial charge in [-0.1, -0.05) is 43.3 Å². The van der Waals surface area contributed by atoms with E-state index >= 15 is 4.39 Å². The van der Waals surface area contributed by atoms with Gasteiger partial charge in [-0.2, -0.15) is 13.2 Å². The number of hydrogen-bond donors (Lipinski definition) is 3. The first-order chi connectivity index (χ1) is 21.6. The number of imidazole rings is 1. The van der Waals surface area contributed by atoms with Crippen molar-refractivity contribution in [3.8, 4) is 0 Å². The van der Waals surface area contributed by atoms with Crippen molar-refractivity contribution in [2.45, 2.75) is 64.0 Å². The molecule has 1 fully saturated rings. The number of hydrogen-bond acceptors (Lipinski definition) is 6. The van der Waals surface area contributed by atoms with E-state index < -0.39 is 52.9 Å². The molecule has 10 nitrogen and oxygen atoms in total. The van der Waals surface area contributed by atoms with Crippen LogP contribution >= 0.6 is 0 Å². The third-order valence-corrected chi connectivity index (χ3v) is 7.71. The topological polar surface area (TPSA) is 132 Å². The lowest BCUT2D eigenvalue weighted by molar-refractivity contribution is -0.137. The van der Waals surface area contributed by atoms with Crippen LogP contribution in [0.15, 0.2) is 61.1 Å². The molecule has 1 aliphatic rings. The Morgan fingerprint density at radius 2 is 1.76 bits per heavy atom. The molecular weight excluding hydrogens is 608 g/mol. The summed E-state index contributed by atoms with van der Waals surface area (Å²) in [5.74, 6) is -2.71. The zero-order valence-electron chi connectivity index (χ0n) is 25.8. The molecule has 1 aromatic heterocycles. The molecular formula is C32H38F4N6O4. The number of nitrogens with one attached hydrogen (secondary N) is 2. The highest BCUT2D eigenvalue weighted by molar-refractivity contribution is 5.98. The Bertz CT molecular complexity index is 1510. The van der Waals surface area contributed by atoms with Gasteiger partial charge in [0, 0.05) is 24.8 Å². The maximum absolute atomic E-state index is 15.2. The molecule has 1 unspecified atom stereocenters. The zero-order valence-corrected chi connectivity index (χ0v) is 25.8. The maximum Gasteiger partial charge on any atom is 0.416 e. The number of anilines is 1. The van der Waals surface area contributed by atoms with E-state index in [2.05, 4.69) is 22.5 Å². The Kier molecular flexibility index (Phi) is 10.8. The summed E-state index contributed by atoms with van der Waals surface area (Å²) in [4.78, 5) is 45.4. The van der Waals surface area contributed by atoms with E-state index in [1.54, 1.807) is 4.90 Å². The molecule has 3 aromatic rings. The van der Waals surface area contributed by atoms with Gasteiger partial charge in [0.05, 0.1) is 30.6 Å². The number of carbonyl (C=O) groups excluding carboxylic acids is 3. The second-order valence-corrected chi connectivity index (χ2v) is 12.1. The second-order valence-electron chi connectivity index (χ2n) is 12.1. The fraction of sp³-hybridized carbons (Fsp3) is 0.438. The SMILES string of the molecule is CC1CCN(C(=O)C(c2ccc(C(F)(F)F)cc2F)n2cnc(NC(=O)[C@@H](COCc3ccccc3)NC(=O)C(C)(C)N)c2)CC1. The summed E-state index contributed by atoms with van der Waals surface area (Å²) in [7, 11) is 0. The molecule has 2 heterocycles. The average Bonchev–Trinajstić information content (AvgIpc) is 3.45. The minimum Gasteiger partial charge on any atom is -0.374 e. The van der Waals surface area contributed by atoms with Crippen LogP contribution in [0.3, 0.4) is 0 Å². The van der Waals surface area contributed by atoms with Crippen LogP contribution in [-0.2, 0) is 31.9 Å². The van der Waals surface area contributed by atoms with E-state index in [1.165, 1.54) is 30.9 Å². The summed E-state index contributed by atoms with van der Waals surface area (Å²) in [6.45, 7) is 5.76. The molecule has 1 saturated heterocycles. The Balaban J connectivity index is 1.58. The lowest BCUT2D eigenvalue weighted by Gasteiger charge is -2.33.